The summed E-state index contributed by atoms with van der Waals surface area (Å²) in [5.74, 6) is -1.36. The molecule has 0 aromatic carbocycles. The molecule has 0 unspecified atom stereocenters. The summed E-state index contributed by atoms with van der Waals surface area (Å²) in [5.41, 5.74) is -1.53. The van der Waals surface area contributed by atoms with Crippen molar-refractivity contribution in [1.82, 2.24) is 4.98 Å². The molecule has 0 amide bonds. The smallest absolute Gasteiger partial charge is 0.419 e. The number of alkyl halides is 3. The Morgan fingerprint density at radius 2 is 2.13 bits per heavy atom. The van der Waals surface area contributed by atoms with Crippen LogP contribution in [0.4, 0.5) is 13.2 Å². The lowest BCUT2D eigenvalue weighted by molar-refractivity contribution is -0.140. The lowest BCUT2D eigenvalue weighted by atomic mass is 10.1. The first-order valence-electron chi connectivity index (χ1n) is 3.74. The van der Waals surface area contributed by atoms with Crippen LogP contribution in [0.3, 0.4) is 0 Å². The van der Waals surface area contributed by atoms with Crippen LogP contribution >= 0.6 is 15.9 Å². The number of carbonyl (C=O) groups is 1. The van der Waals surface area contributed by atoms with Crippen molar-refractivity contribution in [2.75, 3.05) is 0 Å². The molecule has 1 aromatic heterocycles. The molecular weight excluding hydrogens is 279 g/mol. The molecule has 7 heteroatoms. The van der Waals surface area contributed by atoms with Crippen molar-refractivity contribution in [3.05, 3.63) is 28.0 Å². The summed E-state index contributed by atoms with van der Waals surface area (Å²) in [7, 11) is 0. The summed E-state index contributed by atoms with van der Waals surface area (Å²) in [6, 6.07) is 1.12. The van der Waals surface area contributed by atoms with E-state index >= 15 is 0 Å². The van der Waals surface area contributed by atoms with Crippen LogP contribution in [0.5, 0.6) is 0 Å². The molecule has 0 fully saturated rings. The average molecular weight is 284 g/mol. The normalized spacial score (nSPS) is 11.5. The zero-order chi connectivity index (χ0) is 11.6. The Bertz CT molecular complexity index is 392. The van der Waals surface area contributed by atoms with E-state index in [2.05, 4.69) is 20.9 Å². The van der Waals surface area contributed by atoms with Crippen LogP contribution in [0.1, 0.15) is 11.3 Å². The van der Waals surface area contributed by atoms with Gasteiger partial charge in [0.05, 0.1) is 17.7 Å². The molecule has 1 heterocycles. The van der Waals surface area contributed by atoms with Crippen molar-refractivity contribution in [3.63, 3.8) is 0 Å². The van der Waals surface area contributed by atoms with E-state index < -0.39 is 29.8 Å². The van der Waals surface area contributed by atoms with Gasteiger partial charge in [-0.3, -0.25) is 9.78 Å². The lowest BCUT2D eigenvalue weighted by Crippen LogP contribution is -2.14. The Morgan fingerprint density at radius 3 is 2.60 bits per heavy atom. The molecular formula is C8H5BrF3NO2. The Hall–Kier alpha value is -1.11. The minimum atomic E-state index is -4.61. The molecule has 0 aliphatic rings. The summed E-state index contributed by atoms with van der Waals surface area (Å²) in [5, 5.41) is 8.43. The standard InChI is InChI=1S/C8H5BrF3NO2/c9-4-1-2-13-5(3-6(14)15)7(4)8(10,11)12/h1-2H,3H2,(H,14,15). The molecule has 1 aromatic rings. The highest BCUT2D eigenvalue weighted by Gasteiger charge is 2.36. The summed E-state index contributed by atoms with van der Waals surface area (Å²) in [6.45, 7) is 0. The average Bonchev–Trinajstić information content (AvgIpc) is 1.99. The Morgan fingerprint density at radius 1 is 1.53 bits per heavy atom. The largest absolute Gasteiger partial charge is 0.481 e. The van der Waals surface area contributed by atoms with Crippen molar-refractivity contribution in [3.8, 4) is 0 Å². The highest BCUT2D eigenvalue weighted by Crippen LogP contribution is 2.36. The zero-order valence-electron chi connectivity index (χ0n) is 7.18. The highest BCUT2D eigenvalue weighted by atomic mass is 79.9. The summed E-state index contributed by atoms with van der Waals surface area (Å²) in [4.78, 5) is 13.8. The van der Waals surface area contributed by atoms with Gasteiger partial charge in [0.2, 0.25) is 0 Å². The number of halogens is 4. The molecule has 0 aliphatic carbocycles. The lowest BCUT2D eigenvalue weighted by Gasteiger charge is -2.12. The van der Waals surface area contributed by atoms with Crippen molar-refractivity contribution < 1.29 is 23.1 Å². The first kappa shape index (κ1) is 12.0. The number of hydrogen-bond acceptors (Lipinski definition) is 2. The SMILES string of the molecule is O=C(O)Cc1nccc(Br)c1C(F)(F)F. The van der Waals surface area contributed by atoms with Gasteiger partial charge in [-0.05, 0) is 6.07 Å². The quantitative estimate of drug-likeness (QED) is 0.907. The van der Waals surface area contributed by atoms with E-state index in [-0.39, 0.29) is 4.47 Å². The fourth-order valence-electron chi connectivity index (χ4n) is 1.05. The van der Waals surface area contributed by atoms with Gasteiger partial charge in [-0.25, -0.2) is 0 Å². The van der Waals surface area contributed by atoms with Crippen LogP contribution in [-0.2, 0) is 17.4 Å². The van der Waals surface area contributed by atoms with Gasteiger partial charge >= 0.3 is 12.1 Å². The van der Waals surface area contributed by atoms with Gasteiger partial charge in [-0.15, -0.1) is 0 Å². The predicted octanol–water partition coefficient (Wildman–Crippen LogP) is 2.49. The van der Waals surface area contributed by atoms with Crippen LogP contribution in [0, 0.1) is 0 Å². The molecule has 1 rings (SSSR count). The fourth-order valence-corrected chi connectivity index (χ4v) is 1.63. The first-order valence-corrected chi connectivity index (χ1v) is 4.54. The van der Waals surface area contributed by atoms with Crippen LogP contribution < -0.4 is 0 Å². The highest BCUT2D eigenvalue weighted by molar-refractivity contribution is 9.10. The third-order valence-corrected chi connectivity index (χ3v) is 2.24. The number of aliphatic carboxylic acids is 1. The second kappa shape index (κ2) is 4.18. The summed E-state index contributed by atoms with van der Waals surface area (Å²) in [6.07, 6.45) is -4.25. The summed E-state index contributed by atoms with van der Waals surface area (Å²) >= 11 is 2.72. The Balaban J connectivity index is 3.27. The zero-order valence-corrected chi connectivity index (χ0v) is 8.76. The van der Waals surface area contributed by atoms with Gasteiger partial charge in [-0.2, -0.15) is 13.2 Å². The van der Waals surface area contributed by atoms with Crippen molar-refractivity contribution >= 4 is 21.9 Å². The Kier molecular flexibility index (Phi) is 3.33. The Labute approximate surface area is 91.1 Å². The van der Waals surface area contributed by atoms with Gasteiger partial charge in [0.15, 0.2) is 0 Å². The number of nitrogens with zero attached hydrogens (tertiary/aromatic N) is 1. The molecule has 0 radical (unpaired) electrons. The van der Waals surface area contributed by atoms with Crippen LogP contribution in [0.25, 0.3) is 0 Å². The number of carboxylic acids is 1. The van der Waals surface area contributed by atoms with Gasteiger partial charge < -0.3 is 5.11 Å². The minimum absolute atomic E-state index is 0.207. The number of aromatic nitrogens is 1. The van der Waals surface area contributed by atoms with E-state index in [1.165, 1.54) is 0 Å². The summed E-state index contributed by atoms with van der Waals surface area (Å²) < 4.78 is 37.3. The second-order valence-electron chi connectivity index (χ2n) is 2.68. The van der Waals surface area contributed by atoms with Crippen LogP contribution in [0.15, 0.2) is 16.7 Å². The molecule has 15 heavy (non-hydrogen) atoms. The van der Waals surface area contributed by atoms with Crippen molar-refractivity contribution in [1.29, 1.82) is 0 Å². The predicted molar refractivity (Wildman–Crippen MR) is 48.3 cm³/mol. The monoisotopic (exact) mass is 283 g/mol. The van der Waals surface area contributed by atoms with Gasteiger partial charge in [0.25, 0.3) is 0 Å². The van der Waals surface area contributed by atoms with E-state index in [0.717, 1.165) is 12.3 Å². The molecule has 0 saturated carbocycles. The van der Waals surface area contributed by atoms with Crippen LogP contribution in [0.2, 0.25) is 0 Å². The van der Waals surface area contributed by atoms with Crippen LogP contribution in [-0.4, -0.2) is 16.1 Å². The number of pyridine rings is 1. The minimum Gasteiger partial charge on any atom is -0.481 e. The maximum absolute atomic E-state index is 12.5. The second-order valence-corrected chi connectivity index (χ2v) is 3.54. The molecule has 3 nitrogen and oxygen atoms in total. The molecule has 82 valence electrons. The fraction of sp³-hybridized carbons (Fsp3) is 0.250. The number of carboxylic acid groups (broad SMARTS) is 1. The van der Waals surface area contributed by atoms with E-state index in [1.54, 1.807) is 0 Å². The van der Waals surface area contributed by atoms with E-state index in [1.807, 2.05) is 0 Å². The first-order chi connectivity index (χ1) is 6.82. The molecule has 0 bridgehead atoms. The topological polar surface area (TPSA) is 50.2 Å². The van der Waals surface area contributed by atoms with E-state index in [9.17, 15) is 18.0 Å². The number of rotatable bonds is 2. The third-order valence-electron chi connectivity index (χ3n) is 1.58. The van der Waals surface area contributed by atoms with E-state index in [4.69, 9.17) is 5.11 Å². The molecule has 0 aliphatic heterocycles. The van der Waals surface area contributed by atoms with Gasteiger partial charge in [0.1, 0.15) is 0 Å². The molecule has 1 N–H and O–H groups in total. The van der Waals surface area contributed by atoms with Gasteiger partial charge in [-0.1, -0.05) is 15.9 Å². The van der Waals surface area contributed by atoms with E-state index in [0.29, 0.717) is 0 Å². The number of hydrogen-bond donors (Lipinski definition) is 1. The maximum atomic E-state index is 12.5. The molecule has 0 atom stereocenters. The molecule has 0 spiro atoms. The van der Waals surface area contributed by atoms with Crippen molar-refractivity contribution in [2.45, 2.75) is 12.6 Å². The maximum Gasteiger partial charge on any atom is 0.419 e. The van der Waals surface area contributed by atoms with Gasteiger partial charge in [0, 0.05) is 10.7 Å². The van der Waals surface area contributed by atoms with Crippen molar-refractivity contribution in [2.24, 2.45) is 0 Å². The third kappa shape index (κ3) is 2.92. The molecule has 0 saturated heterocycles.